The molecule has 6 heteroatoms. The fourth-order valence-corrected chi connectivity index (χ4v) is 5.70. The zero-order valence-corrected chi connectivity index (χ0v) is 14.7. The Hall–Kier alpha value is -0.430. The minimum Gasteiger partial charge on any atom is -0.312 e. The summed E-state index contributed by atoms with van der Waals surface area (Å²) in [6.45, 7) is 7.90. The maximum atomic E-state index is 12.6. The molecular formula is C15H26N2O2S2. The fraction of sp³-hybridized carbons (Fsp3) is 0.733. The summed E-state index contributed by atoms with van der Waals surface area (Å²) in [6.07, 6.45) is 4.12. The minimum absolute atomic E-state index is 0.0608. The number of hydrogen-bond donors (Lipinski definition) is 2. The first-order valence-corrected chi connectivity index (χ1v) is 10.00. The van der Waals surface area contributed by atoms with Crippen LogP contribution >= 0.6 is 11.3 Å². The Morgan fingerprint density at radius 2 is 2.19 bits per heavy atom. The SMILES string of the molecule is CCNCc1sccc1S(=O)(=O)NC1CCCC(C)(C)C1. The van der Waals surface area contributed by atoms with Gasteiger partial charge in [-0.3, -0.25) is 0 Å². The van der Waals surface area contributed by atoms with Crippen LogP contribution in [0.2, 0.25) is 0 Å². The predicted molar refractivity (Wildman–Crippen MR) is 88.1 cm³/mol. The van der Waals surface area contributed by atoms with Gasteiger partial charge in [0.2, 0.25) is 10.0 Å². The van der Waals surface area contributed by atoms with E-state index in [2.05, 4.69) is 23.9 Å². The van der Waals surface area contributed by atoms with E-state index in [4.69, 9.17) is 0 Å². The zero-order chi connectivity index (χ0) is 15.5. The highest BCUT2D eigenvalue weighted by molar-refractivity contribution is 7.89. The lowest BCUT2D eigenvalue weighted by atomic mass is 9.75. The normalized spacial score (nSPS) is 22.3. The van der Waals surface area contributed by atoms with E-state index in [1.165, 1.54) is 17.8 Å². The molecule has 0 aliphatic heterocycles. The van der Waals surface area contributed by atoms with E-state index in [0.717, 1.165) is 30.7 Å². The molecule has 0 spiro atoms. The molecule has 1 atom stereocenters. The van der Waals surface area contributed by atoms with Crippen LogP contribution in [0, 0.1) is 5.41 Å². The van der Waals surface area contributed by atoms with E-state index in [9.17, 15) is 8.42 Å². The van der Waals surface area contributed by atoms with Gasteiger partial charge in [0.15, 0.2) is 0 Å². The van der Waals surface area contributed by atoms with Gasteiger partial charge in [0.05, 0.1) is 4.90 Å². The Morgan fingerprint density at radius 3 is 2.86 bits per heavy atom. The van der Waals surface area contributed by atoms with Crippen LogP contribution in [0.25, 0.3) is 0 Å². The Kier molecular flexibility index (Phi) is 5.46. The molecule has 0 bridgehead atoms. The third kappa shape index (κ3) is 4.52. The molecule has 21 heavy (non-hydrogen) atoms. The molecule has 2 N–H and O–H groups in total. The second-order valence-electron chi connectivity index (χ2n) is 6.57. The van der Waals surface area contributed by atoms with E-state index in [1.54, 1.807) is 6.07 Å². The summed E-state index contributed by atoms with van der Waals surface area (Å²) in [4.78, 5) is 1.33. The van der Waals surface area contributed by atoms with Crippen LogP contribution < -0.4 is 10.0 Å². The van der Waals surface area contributed by atoms with Crippen LogP contribution in [0.5, 0.6) is 0 Å². The molecule has 2 rings (SSSR count). The summed E-state index contributed by atoms with van der Waals surface area (Å²) < 4.78 is 28.2. The lowest BCUT2D eigenvalue weighted by Gasteiger charge is -2.35. The van der Waals surface area contributed by atoms with Crippen molar-refractivity contribution in [3.8, 4) is 0 Å². The quantitative estimate of drug-likeness (QED) is 0.842. The van der Waals surface area contributed by atoms with Crippen LogP contribution in [0.4, 0.5) is 0 Å². The van der Waals surface area contributed by atoms with Crippen LogP contribution in [0.1, 0.15) is 51.3 Å². The predicted octanol–water partition coefficient (Wildman–Crippen LogP) is 3.10. The van der Waals surface area contributed by atoms with Gasteiger partial charge in [-0.15, -0.1) is 11.3 Å². The van der Waals surface area contributed by atoms with Gasteiger partial charge in [-0.25, -0.2) is 13.1 Å². The van der Waals surface area contributed by atoms with Crippen molar-refractivity contribution in [2.75, 3.05) is 6.54 Å². The fourth-order valence-electron chi connectivity index (χ4n) is 3.02. The molecule has 0 amide bonds. The van der Waals surface area contributed by atoms with Crippen molar-refractivity contribution in [2.45, 2.75) is 63.9 Å². The Bertz CT molecular complexity index is 564. The number of rotatable bonds is 6. The number of nitrogens with one attached hydrogen (secondary N) is 2. The standard InChI is InChI=1S/C15H26N2O2S2/c1-4-16-11-13-14(7-9-20-13)21(18,19)17-12-6-5-8-15(2,3)10-12/h7,9,12,16-17H,4-6,8,10-11H2,1-3H3. The molecule has 4 nitrogen and oxygen atoms in total. The Labute approximate surface area is 132 Å². The number of hydrogen-bond acceptors (Lipinski definition) is 4. The largest absolute Gasteiger partial charge is 0.312 e. The van der Waals surface area contributed by atoms with Crippen molar-refractivity contribution in [1.82, 2.24) is 10.0 Å². The van der Waals surface area contributed by atoms with Crippen molar-refractivity contribution in [1.29, 1.82) is 0 Å². The first kappa shape index (κ1) is 16.9. The smallest absolute Gasteiger partial charge is 0.241 e. The van der Waals surface area contributed by atoms with Crippen LogP contribution in [-0.2, 0) is 16.6 Å². The second-order valence-corrected chi connectivity index (χ2v) is 9.25. The molecule has 1 unspecified atom stereocenters. The lowest BCUT2D eigenvalue weighted by molar-refractivity contribution is 0.212. The molecule has 1 saturated carbocycles. The maximum Gasteiger partial charge on any atom is 0.241 e. The summed E-state index contributed by atoms with van der Waals surface area (Å²) in [5, 5.41) is 5.05. The van der Waals surface area contributed by atoms with Crippen molar-refractivity contribution < 1.29 is 8.42 Å². The minimum atomic E-state index is -3.41. The molecule has 1 aromatic rings. The molecule has 0 aromatic carbocycles. The van der Waals surface area contributed by atoms with Gasteiger partial charge in [0, 0.05) is 17.5 Å². The molecule has 0 saturated heterocycles. The van der Waals surface area contributed by atoms with E-state index in [-0.39, 0.29) is 11.5 Å². The molecule has 1 heterocycles. The summed E-state index contributed by atoms with van der Waals surface area (Å²) >= 11 is 1.50. The third-order valence-electron chi connectivity index (χ3n) is 4.06. The topological polar surface area (TPSA) is 58.2 Å². The monoisotopic (exact) mass is 330 g/mol. The van der Waals surface area contributed by atoms with Gasteiger partial charge in [-0.05, 0) is 42.7 Å². The van der Waals surface area contributed by atoms with E-state index in [0.29, 0.717) is 11.4 Å². The molecule has 0 radical (unpaired) electrons. The van der Waals surface area contributed by atoms with Crippen molar-refractivity contribution in [2.24, 2.45) is 5.41 Å². The molecule has 1 aromatic heterocycles. The van der Waals surface area contributed by atoms with Crippen LogP contribution in [-0.4, -0.2) is 21.0 Å². The zero-order valence-electron chi connectivity index (χ0n) is 13.1. The number of sulfonamides is 1. The van der Waals surface area contributed by atoms with Gasteiger partial charge < -0.3 is 5.32 Å². The van der Waals surface area contributed by atoms with Crippen LogP contribution in [0.3, 0.4) is 0 Å². The molecule has 120 valence electrons. The average Bonchev–Trinajstić information content (AvgIpc) is 2.83. The van der Waals surface area contributed by atoms with Gasteiger partial charge in [0.1, 0.15) is 0 Å². The van der Waals surface area contributed by atoms with Crippen molar-refractivity contribution in [3.63, 3.8) is 0 Å². The lowest BCUT2D eigenvalue weighted by Crippen LogP contribution is -2.40. The first-order valence-electron chi connectivity index (χ1n) is 7.63. The summed E-state index contributed by atoms with van der Waals surface area (Å²) in [5.74, 6) is 0. The summed E-state index contributed by atoms with van der Waals surface area (Å²) in [6, 6.07) is 1.78. The molecular weight excluding hydrogens is 304 g/mol. The van der Waals surface area contributed by atoms with Gasteiger partial charge >= 0.3 is 0 Å². The van der Waals surface area contributed by atoms with E-state index < -0.39 is 10.0 Å². The third-order valence-corrected chi connectivity index (χ3v) is 6.71. The highest BCUT2D eigenvalue weighted by Gasteiger charge is 2.31. The number of thiophene rings is 1. The van der Waals surface area contributed by atoms with Gasteiger partial charge in [-0.2, -0.15) is 0 Å². The first-order chi connectivity index (χ1) is 9.84. The highest BCUT2D eigenvalue weighted by Crippen LogP contribution is 2.35. The Balaban J connectivity index is 2.10. The van der Waals surface area contributed by atoms with Gasteiger partial charge in [0.25, 0.3) is 0 Å². The second kappa shape index (κ2) is 6.77. The highest BCUT2D eigenvalue weighted by atomic mass is 32.2. The molecule has 1 aliphatic carbocycles. The van der Waals surface area contributed by atoms with E-state index >= 15 is 0 Å². The average molecular weight is 331 g/mol. The molecule has 1 fully saturated rings. The van der Waals surface area contributed by atoms with Crippen molar-refractivity contribution in [3.05, 3.63) is 16.3 Å². The molecule has 1 aliphatic rings. The van der Waals surface area contributed by atoms with Crippen molar-refractivity contribution >= 4 is 21.4 Å². The summed E-state index contributed by atoms with van der Waals surface area (Å²) in [7, 11) is -3.41. The maximum absolute atomic E-state index is 12.6. The van der Waals surface area contributed by atoms with Gasteiger partial charge in [-0.1, -0.05) is 27.2 Å². The summed E-state index contributed by atoms with van der Waals surface area (Å²) in [5.41, 5.74) is 0.229. The van der Waals surface area contributed by atoms with E-state index in [1.807, 2.05) is 12.3 Å². The Morgan fingerprint density at radius 1 is 1.43 bits per heavy atom. The van der Waals surface area contributed by atoms with Crippen LogP contribution in [0.15, 0.2) is 16.3 Å².